The van der Waals surface area contributed by atoms with Crippen molar-refractivity contribution < 1.29 is 19.1 Å². The summed E-state index contributed by atoms with van der Waals surface area (Å²) < 4.78 is 12.6. The molecule has 0 atom stereocenters. The van der Waals surface area contributed by atoms with Crippen LogP contribution in [0.4, 0.5) is 9.59 Å². The molecule has 0 saturated carbocycles. The van der Waals surface area contributed by atoms with Gasteiger partial charge in [-0.05, 0) is 59.6 Å². The fraction of sp³-hybridized carbons (Fsp3) is 0.353. The first-order valence-electron chi connectivity index (χ1n) is 14.7. The average molecular weight is 601 g/mol. The van der Waals surface area contributed by atoms with E-state index in [0.29, 0.717) is 11.5 Å². The van der Waals surface area contributed by atoms with E-state index < -0.39 is 28.3 Å². The number of hydrogen-bond acceptors (Lipinski definition) is 4. The summed E-state index contributed by atoms with van der Waals surface area (Å²) in [7, 11) is -4.14. The molecule has 0 bridgehead atoms. The Bertz CT molecular complexity index is 1530. The van der Waals surface area contributed by atoms with Gasteiger partial charge in [-0.25, -0.2) is 9.59 Å². The Morgan fingerprint density at radius 3 is 1.24 bits per heavy atom. The van der Waals surface area contributed by atoms with Crippen LogP contribution in [0.25, 0.3) is 32.7 Å². The van der Waals surface area contributed by atoms with Gasteiger partial charge in [0, 0.05) is 23.2 Å². The molecule has 0 radical (unpaired) electrons. The Balaban J connectivity index is 2.25. The fourth-order valence-electron chi connectivity index (χ4n) is 5.20. The summed E-state index contributed by atoms with van der Waals surface area (Å²) in [5.41, 5.74) is 1.54. The van der Waals surface area contributed by atoms with Crippen LogP contribution in [0.15, 0.2) is 60.7 Å². The Labute approximate surface area is 251 Å². The van der Waals surface area contributed by atoms with Crippen LogP contribution in [0, 0.1) is 0 Å². The van der Waals surface area contributed by atoms with E-state index in [1.807, 2.05) is 52.0 Å². The zero-order chi connectivity index (χ0) is 31.0. The maximum Gasteiger partial charge on any atom is 0.412 e. The zero-order valence-electron chi connectivity index (χ0n) is 26.6. The first-order chi connectivity index (χ1) is 19.6. The van der Waals surface area contributed by atoms with Crippen LogP contribution in [0.2, 0.25) is 39.3 Å². The van der Waals surface area contributed by atoms with E-state index in [0.717, 1.165) is 43.0 Å². The van der Waals surface area contributed by atoms with Gasteiger partial charge in [-0.15, -0.1) is 0 Å². The third kappa shape index (κ3) is 6.71. The molecule has 2 N–H and O–H groups in total. The molecule has 2 amide bonds. The molecule has 0 aliphatic carbocycles. The third-order valence-electron chi connectivity index (χ3n) is 7.07. The maximum absolute atomic E-state index is 13.3. The lowest BCUT2D eigenvalue weighted by atomic mass is 9.92. The van der Waals surface area contributed by atoms with Gasteiger partial charge in [0.05, 0.1) is 16.1 Å². The number of benzene rings is 4. The number of amides is 2. The van der Waals surface area contributed by atoms with Crippen molar-refractivity contribution in [3.8, 4) is 22.6 Å². The molecule has 6 nitrogen and oxygen atoms in total. The van der Waals surface area contributed by atoms with E-state index in [4.69, 9.17) is 9.47 Å². The number of hydrogen-bond donors (Lipinski definition) is 2. The van der Waals surface area contributed by atoms with Gasteiger partial charge in [0.15, 0.2) is 0 Å². The molecule has 0 spiro atoms. The van der Waals surface area contributed by atoms with E-state index in [1.165, 1.54) is 0 Å². The van der Waals surface area contributed by atoms with Gasteiger partial charge in [-0.3, -0.25) is 0 Å². The Morgan fingerprint density at radius 1 is 0.595 bits per heavy atom. The lowest BCUT2D eigenvalue weighted by molar-refractivity contribution is 0.196. The van der Waals surface area contributed by atoms with Crippen molar-refractivity contribution in [1.29, 1.82) is 0 Å². The first kappa shape index (κ1) is 31.3. The number of fused-ring (bicyclic) bond motifs is 2. The predicted molar refractivity (Wildman–Crippen MR) is 181 cm³/mol. The molecule has 222 valence electrons. The Morgan fingerprint density at radius 2 is 0.929 bits per heavy atom. The smallest absolute Gasteiger partial charge is 0.410 e. The maximum atomic E-state index is 13.3. The largest absolute Gasteiger partial charge is 0.412 e. The summed E-state index contributed by atoms with van der Waals surface area (Å²) in [5, 5.41) is 11.8. The molecule has 0 unspecified atom stereocenters. The van der Waals surface area contributed by atoms with Crippen molar-refractivity contribution in [1.82, 2.24) is 10.6 Å². The van der Waals surface area contributed by atoms with E-state index >= 15 is 0 Å². The highest BCUT2D eigenvalue weighted by atomic mass is 28.3. The van der Waals surface area contributed by atoms with Gasteiger partial charge in [-0.2, -0.15) is 0 Å². The van der Waals surface area contributed by atoms with Gasteiger partial charge in [0.2, 0.25) is 0 Å². The quantitative estimate of drug-likeness (QED) is 0.213. The van der Waals surface area contributed by atoms with Crippen molar-refractivity contribution in [2.75, 3.05) is 0 Å². The molecule has 0 aromatic heterocycles. The molecular weight excluding hydrogens is 557 g/mol. The molecule has 0 aliphatic rings. The lowest BCUT2D eigenvalue weighted by Crippen LogP contribution is -2.42. The molecule has 0 heterocycles. The Hall–Kier alpha value is -3.63. The number of carbonyl (C=O) groups excluding carboxylic acids is 2. The number of nitrogens with one attached hydrogen (secondary N) is 2. The minimum atomic E-state index is -2.07. The van der Waals surface area contributed by atoms with Gasteiger partial charge < -0.3 is 20.1 Å². The van der Waals surface area contributed by atoms with Crippen LogP contribution in [-0.4, -0.2) is 40.4 Å². The second kappa shape index (κ2) is 11.9. The number of carbonyl (C=O) groups is 2. The molecule has 4 aromatic rings. The highest BCUT2D eigenvalue weighted by molar-refractivity contribution is 6.90. The van der Waals surface area contributed by atoms with Gasteiger partial charge >= 0.3 is 12.2 Å². The molecule has 4 rings (SSSR count). The van der Waals surface area contributed by atoms with E-state index in [1.54, 1.807) is 0 Å². The SMILES string of the molecule is CC(C)NC(=O)Oc1c([Si](C)(C)C)cc2ccccc2c1-c1c(OC(=O)NC(C)C)c([Si](C)(C)C)cc2ccccc12. The van der Waals surface area contributed by atoms with Crippen LogP contribution in [0.5, 0.6) is 11.5 Å². The molecule has 8 heteroatoms. The third-order valence-corrected chi connectivity index (χ3v) is 11.0. The molecule has 0 saturated heterocycles. The van der Waals surface area contributed by atoms with Crippen molar-refractivity contribution in [3.63, 3.8) is 0 Å². The molecule has 42 heavy (non-hydrogen) atoms. The highest BCUT2D eigenvalue weighted by Crippen LogP contribution is 2.45. The molecule has 0 fully saturated rings. The fourth-order valence-corrected chi connectivity index (χ4v) is 8.09. The van der Waals surface area contributed by atoms with Crippen LogP contribution in [0.1, 0.15) is 27.7 Å². The van der Waals surface area contributed by atoms with Gasteiger partial charge in [0.1, 0.15) is 11.5 Å². The van der Waals surface area contributed by atoms with Crippen molar-refractivity contribution >= 4 is 60.3 Å². The summed E-state index contributed by atoms with van der Waals surface area (Å²) in [6.45, 7) is 21.1. The summed E-state index contributed by atoms with van der Waals surface area (Å²) in [6.07, 6.45) is -1.02. The summed E-state index contributed by atoms with van der Waals surface area (Å²) in [6, 6.07) is 20.5. The predicted octanol–water partition coefficient (Wildman–Crippen LogP) is 7.74. The van der Waals surface area contributed by atoms with Crippen LogP contribution in [0.3, 0.4) is 0 Å². The second-order valence-electron chi connectivity index (χ2n) is 13.6. The first-order valence-corrected chi connectivity index (χ1v) is 21.7. The van der Waals surface area contributed by atoms with Gasteiger partial charge in [0.25, 0.3) is 0 Å². The minimum absolute atomic E-state index is 0.0913. The average Bonchev–Trinajstić information content (AvgIpc) is 2.86. The minimum Gasteiger partial charge on any atom is -0.410 e. The highest BCUT2D eigenvalue weighted by Gasteiger charge is 2.33. The topological polar surface area (TPSA) is 76.7 Å². The second-order valence-corrected chi connectivity index (χ2v) is 23.7. The molecule has 0 aliphatic heterocycles. The normalized spacial score (nSPS) is 12.2. The number of ether oxygens (including phenoxy) is 2. The van der Waals surface area contributed by atoms with E-state index in [2.05, 4.69) is 86.3 Å². The monoisotopic (exact) mass is 600 g/mol. The summed E-state index contributed by atoms with van der Waals surface area (Å²) in [4.78, 5) is 26.6. The lowest BCUT2D eigenvalue weighted by Gasteiger charge is -2.29. The van der Waals surface area contributed by atoms with E-state index in [-0.39, 0.29) is 12.1 Å². The molecule has 4 aromatic carbocycles. The van der Waals surface area contributed by atoms with Crippen molar-refractivity contribution in [2.24, 2.45) is 0 Å². The van der Waals surface area contributed by atoms with Crippen molar-refractivity contribution in [3.05, 3.63) is 60.7 Å². The Kier molecular flexibility index (Phi) is 8.90. The zero-order valence-corrected chi connectivity index (χ0v) is 28.6. The summed E-state index contributed by atoms with van der Waals surface area (Å²) >= 11 is 0. The van der Waals surface area contributed by atoms with Crippen LogP contribution < -0.4 is 30.5 Å². The molecular formula is C34H44N2O4Si2. The summed E-state index contributed by atoms with van der Waals surface area (Å²) in [5.74, 6) is 1.05. The standard InChI is InChI=1S/C34H44N2O4Si2/c1-21(2)35-33(37)39-31-27(41(5,6)7)19-23-15-11-13-17-25(23)29(31)30-26-18-14-12-16-24(26)20-28(42(8,9)10)32(30)40-34(38)36-22(3)4/h11-22H,1-10H3,(H,35,37)(H,36,38). The van der Waals surface area contributed by atoms with E-state index in [9.17, 15) is 9.59 Å². The van der Waals surface area contributed by atoms with Gasteiger partial charge in [-0.1, -0.05) is 99.9 Å². The van der Waals surface area contributed by atoms with Crippen LogP contribution >= 0.6 is 0 Å². The van der Waals surface area contributed by atoms with Crippen LogP contribution in [-0.2, 0) is 0 Å². The van der Waals surface area contributed by atoms with Crippen molar-refractivity contribution in [2.45, 2.75) is 79.1 Å². The number of rotatable bonds is 7.